The lowest BCUT2D eigenvalue weighted by atomic mass is 9.95. The average molecular weight is 1100 g/mol. The number of rotatable bonds is 7. The van der Waals surface area contributed by atoms with Gasteiger partial charge in [-0.15, -0.1) is 0 Å². The van der Waals surface area contributed by atoms with E-state index >= 15 is 0 Å². The van der Waals surface area contributed by atoms with E-state index in [9.17, 15) is 86.8 Å². The summed E-state index contributed by atoms with van der Waals surface area (Å²) in [6.45, 7) is -6.20. The van der Waals surface area contributed by atoms with Gasteiger partial charge in [0.05, 0.1) is 46.2 Å². The van der Waals surface area contributed by atoms with Crippen LogP contribution in [0.25, 0.3) is 0 Å². The van der Waals surface area contributed by atoms with Gasteiger partial charge in [0.15, 0.2) is 44.0 Å². The summed E-state index contributed by atoms with van der Waals surface area (Å²) in [7, 11) is 0. The fourth-order valence-electron chi connectivity index (χ4n) is 10.9. The fraction of sp³-hybridized carbons (Fsp3) is 1.00. The summed E-state index contributed by atoms with van der Waals surface area (Å²) in [6.07, 6.45) is -58.2. The molecule has 432 valence electrons. The second-order valence-electron chi connectivity index (χ2n) is 19.8. The summed E-state index contributed by atoms with van der Waals surface area (Å²) in [5.41, 5.74) is 0. The minimum Gasteiger partial charge on any atom is -0.394 e. The number of aliphatic hydroxyl groups is 17. The highest BCUT2D eigenvalue weighted by molar-refractivity contribution is 5.07. The SMILES string of the molecule is OC[C@@H]1O[C@@H]2O[C@H]3[C@H](O)[C@@H](O)[C@@H](O[C@H]4[C@H]5O[C@H]5[C@@H](O[C@H]5[C@@H](O)[C@H](O)[C@@H](O[C@H]6[C@H]7O[C@H]7[C@@H](O[C@H]7[C@H](O)[C@@H](O)[C@@H](O[C@H]8[C@H](O)[C@H](O)[C@@H](O[C@H]1[C@H](O)[C@H]2O)O[C@@H]8CO)O[C@H]7CO)O[C@@H]6CO)O[C@@H]5CO)O[C@@H]4CO)O[C@H]3CO. The molecule has 75 heavy (non-hydrogen) atoms. The highest BCUT2D eigenvalue weighted by Crippen LogP contribution is 2.45. The fourth-order valence-corrected chi connectivity index (χ4v) is 10.9. The molecule has 0 spiro atoms. The molecule has 0 unspecified atom stereocenters. The van der Waals surface area contributed by atoms with Crippen molar-refractivity contribution in [3.05, 3.63) is 0 Å². The van der Waals surface area contributed by atoms with Gasteiger partial charge in [-0.05, 0) is 0 Å². The molecule has 17 N–H and O–H groups in total. The number of epoxide rings is 2. The third kappa shape index (κ3) is 10.6. The Hall–Kier alpha value is -1.32. The minimum absolute atomic E-state index is 0.778. The van der Waals surface area contributed by atoms with Crippen LogP contribution in [-0.2, 0) is 75.8 Å². The molecule has 0 radical (unpaired) electrons. The van der Waals surface area contributed by atoms with Crippen LogP contribution in [0.4, 0.5) is 0 Å². The second-order valence-corrected chi connectivity index (χ2v) is 19.8. The molecule has 0 saturated carbocycles. The van der Waals surface area contributed by atoms with Crippen LogP contribution < -0.4 is 0 Å². The molecule has 21 rings (SSSR count). The van der Waals surface area contributed by atoms with E-state index in [4.69, 9.17) is 75.8 Å². The van der Waals surface area contributed by atoms with Crippen molar-refractivity contribution in [3.8, 4) is 0 Å². The Bertz CT molecular complexity index is 1860. The highest BCUT2D eigenvalue weighted by Gasteiger charge is 2.65. The molecule has 0 aromatic carbocycles. The number of fused-ring (bicyclic) bond motifs is 2. The molecule has 21 saturated heterocycles. The van der Waals surface area contributed by atoms with Crippen LogP contribution in [0, 0.1) is 0 Å². The van der Waals surface area contributed by atoms with Crippen LogP contribution in [-0.4, -0.2) is 348 Å². The Balaban J connectivity index is 0.908. The van der Waals surface area contributed by atoms with Gasteiger partial charge in [-0.1, -0.05) is 0 Å². The maximum absolute atomic E-state index is 11.4. The molecule has 0 amide bonds. The van der Waals surface area contributed by atoms with Crippen molar-refractivity contribution in [1.82, 2.24) is 0 Å². The van der Waals surface area contributed by atoms with E-state index in [1.165, 1.54) is 0 Å². The zero-order chi connectivity index (χ0) is 53.5. The van der Waals surface area contributed by atoms with Gasteiger partial charge in [0, 0.05) is 0 Å². The maximum atomic E-state index is 11.4. The molecule has 35 atom stereocenters. The minimum atomic E-state index is -2.14. The van der Waals surface area contributed by atoms with Crippen molar-refractivity contribution in [3.63, 3.8) is 0 Å². The molecule has 21 fully saturated rings. The van der Waals surface area contributed by atoms with Gasteiger partial charge in [0.25, 0.3) is 0 Å². The van der Waals surface area contributed by atoms with Gasteiger partial charge < -0.3 is 163 Å². The van der Waals surface area contributed by atoms with Crippen LogP contribution in [0.5, 0.6) is 0 Å². The third-order valence-electron chi connectivity index (χ3n) is 15.2. The van der Waals surface area contributed by atoms with Gasteiger partial charge in [-0.2, -0.15) is 0 Å². The maximum Gasteiger partial charge on any atom is 0.187 e. The topological polar surface area (TPSA) is 498 Å². The molecule has 14 bridgehead atoms. The summed E-state index contributed by atoms with van der Waals surface area (Å²) in [5.74, 6) is 0. The van der Waals surface area contributed by atoms with Crippen molar-refractivity contribution in [2.24, 2.45) is 0 Å². The van der Waals surface area contributed by atoms with Crippen LogP contribution in [0.15, 0.2) is 0 Å². The summed E-state index contributed by atoms with van der Waals surface area (Å²) in [6, 6.07) is 0. The standard InChI is InChI=1S/C42H66O33/c43-1-8-25-15(50)21(56)37(61-8)71-27-10(3-45)63-39(23(58)17(27)52)74-30-13(6-48)66-42(35-32(30)67-35)73-29-12(5-47)64-40(24(59)19(29)54)75-31-14(7-49)65-41(34-33(31)68-34)72-28-11(4-46)62-38(22(57)18(28)53)70-26-9(2-44)60-36(69-25)20(55)16(26)51/h8-59H,1-7H2/t8-,9+,10-,11-,12+,13+,14+,15+,16+,17+,18+,19-,20-,21+,22+,23+,24-,25+,26+,27+,28+,29+,30+,31+,32+,33+,34+,35+,36+,37+,38+,39+,40+,41+,42+/m0/s1. The summed E-state index contributed by atoms with van der Waals surface area (Å²) < 4.78 is 93.5. The van der Waals surface area contributed by atoms with E-state index < -0.39 is 261 Å². The van der Waals surface area contributed by atoms with Crippen molar-refractivity contribution < 1.29 is 163 Å². The molecular weight excluding hydrogens is 1030 g/mol. The molecular formula is C42H66O33. The van der Waals surface area contributed by atoms with Gasteiger partial charge in [0.1, 0.15) is 171 Å². The largest absolute Gasteiger partial charge is 0.394 e. The summed E-state index contributed by atoms with van der Waals surface area (Å²) in [5, 5.41) is 186. The Morgan fingerprint density at radius 3 is 0.547 bits per heavy atom. The first-order valence-corrected chi connectivity index (χ1v) is 24.5. The van der Waals surface area contributed by atoms with E-state index in [2.05, 4.69) is 0 Å². The number of ether oxygens (including phenoxy) is 16. The number of hydrogen-bond donors (Lipinski definition) is 17. The third-order valence-corrected chi connectivity index (χ3v) is 15.2. The van der Waals surface area contributed by atoms with Gasteiger partial charge in [-0.3, -0.25) is 0 Å². The first-order valence-electron chi connectivity index (χ1n) is 24.5. The van der Waals surface area contributed by atoms with Crippen LogP contribution in [0.1, 0.15) is 0 Å². The lowest BCUT2D eigenvalue weighted by molar-refractivity contribution is -0.392. The Kier molecular flexibility index (Phi) is 17.7. The van der Waals surface area contributed by atoms with E-state index in [1.54, 1.807) is 0 Å². The number of aliphatic hydroxyl groups excluding tert-OH is 17. The van der Waals surface area contributed by atoms with Gasteiger partial charge in [-0.25, -0.2) is 0 Å². The zero-order valence-electron chi connectivity index (χ0n) is 39.3. The Labute approximate surface area is 423 Å². The van der Waals surface area contributed by atoms with Crippen molar-refractivity contribution in [2.75, 3.05) is 46.2 Å². The summed E-state index contributed by atoms with van der Waals surface area (Å²) >= 11 is 0. The lowest BCUT2D eigenvalue weighted by Crippen LogP contribution is -2.68. The quantitative estimate of drug-likeness (QED) is 0.105. The molecule has 0 aromatic heterocycles. The van der Waals surface area contributed by atoms with E-state index in [0.29, 0.717) is 0 Å². The molecule has 21 aliphatic rings. The van der Waals surface area contributed by atoms with E-state index in [1.807, 2.05) is 0 Å². The predicted octanol–water partition coefficient (Wildman–Crippen LogP) is -13.1. The molecule has 21 heterocycles. The molecule has 0 aromatic rings. The smallest absolute Gasteiger partial charge is 0.187 e. The Morgan fingerprint density at radius 1 is 0.160 bits per heavy atom. The van der Waals surface area contributed by atoms with Crippen LogP contribution in [0.3, 0.4) is 0 Å². The molecule has 0 aliphatic carbocycles. The highest BCUT2D eigenvalue weighted by atomic mass is 16.8. The van der Waals surface area contributed by atoms with Crippen molar-refractivity contribution in [2.45, 2.75) is 215 Å². The monoisotopic (exact) mass is 1100 g/mol. The molecule has 21 aliphatic heterocycles. The summed E-state index contributed by atoms with van der Waals surface area (Å²) in [4.78, 5) is 0. The average Bonchev–Trinajstić information content (AvgIpc) is 4.37. The lowest BCUT2D eigenvalue weighted by Gasteiger charge is -2.49. The first kappa shape index (κ1) is 56.9. The van der Waals surface area contributed by atoms with E-state index in [0.717, 1.165) is 0 Å². The zero-order valence-corrected chi connectivity index (χ0v) is 39.3. The molecule has 33 nitrogen and oxygen atoms in total. The number of hydrogen-bond acceptors (Lipinski definition) is 33. The van der Waals surface area contributed by atoms with Gasteiger partial charge in [0.2, 0.25) is 0 Å². The van der Waals surface area contributed by atoms with Crippen molar-refractivity contribution >= 4 is 0 Å². The first-order chi connectivity index (χ1) is 36.0. The van der Waals surface area contributed by atoms with Crippen LogP contribution >= 0.6 is 0 Å². The molecule has 33 heteroatoms. The predicted molar refractivity (Wildman–Crippen MR) is 222 cm³/mol. The van der Waals surface area contributed by atoms with Gasteiger partial charge >= 0.3 is 0 Å². The van der Waals surface area contributed by atoms with E-state index in [-0.39, 0.29) is 0 Å². The van der Waals surface area contributed by atoms with Crippen LogP contribution in [0.2, 0.25) is 0 Å². The van der Waals surface area contributed by atoms with Crippen molar-refractivity contribution in [1.29, 1.82) is 0 Å². The Morgan fingerprint density at radius 2 is 0.333 bits per heavy atom. The normalized spacial score (nSPS) is 57.3. The second kappa shape index (κ2) is 23.3.